The van der Waals surface area contributed by atoms with Crippen LogP contribution in [0.1, 0.15) is 12.8 Å². The lowest BCUT2D eigenvalue weighted by molar-refractivity contribution is 0.264. The number of hydrogen-bond donors (Lipinski definition) is 2. The topological polar surface area (TPSA) is 61.4 Å². The molecular formula is C18H21BrClN3O2S. The number of benzene rings is 2. The number of piperidine rings is 1. The first-order chi connectivity index (χ1) is 12.3. The van der Waals surface area contributed by atoms with Gasteiger partial charge in [0.1, 0.15) is 0 Å². The van der Waals surface area contributed by atoms with Crippen molar-refractivity contribution in [1.82, 2.24) is 4.90 Å². The lowest BCUT2D eigenvalue weighted by Crippen LogP contribution is -2.36. The second kappa shape index (κ2) is 8.17. The highest BCUT2D eigenvalue weighted by atomic mass is 79.9. The summed E-state index contributed by atoms with van der Waals surface area (Å²) in [6.45, 7) is 2.07. The summed E-state index contributed by atoms with van der Waals surface area (Å²) in [5, 5.41) is 4.02. The van der Waals surface area contributed by atoms with Crippen LogP contribution in [0.3, 0.4) is 0 Å². The maximum absolute atomic E-state index is 12.5. The summed E-state index contributed by atoms with van der Waals surface area (Å²) >= 11 is 9.60. The average molecular weight is 459 g/mol. The van der Waals surface area contributed by atoms with Crippen molar-refractivity contribution in [2.45, 2.75) is 23.8 Å². The lowest BCUT2D eigenvalue weighted by Gasteiger charge is -2.30. The second-order valence-corrected chi connectivity index (χ2v) is 9.48. The summed E-state index contributed by atoms with van der Waals surface area (Å²) in [4.78, 5) is 2.50. The van der Waals surface area contributed by atoms with Gasteiger partial charge in [0.25, 0.3) is 10.0 Å². The molecule has 0 aliphatic carbocycles. The van der Waals surface area contributed by atoms with E-state index >= 15 is 0 Å². The minimum atomic E-state index is -3.65. The molecule has 1 aliphatic rings. The van der Waals surface area contributed by atoms with Crippen LogP contribution in [0.25, 0.3) is 0 Å². The van der Waals surface area contributed by atoms with Crippen LogP contribution < -0.4 is 10.0 Å². The molecule has 2 N–H and O–H groups in total. The standard InChI is InChI=1S/C18H21BrClN3O2S/c1-23-10-8-14(9-11-23)21-18-12-15(4-7-17(18)20)22-26(24,25)16-5-2-13(19)3-6-16/h2-7,12,14,21-22H,8-11H2,1H3. The van der Waals surface area contributed by atoms with E-state index in [1.54, 1.807) is 42.5 Å². The zero-order chi connectivity index (χ0) is 18.7. The third-order valence-corrected chi connectivity index (χ3v) is 6.68. The van der Waals surface area contributed by atoms with Crippen LogP contribution in [0.15, 0.2) is 51.8 Å². The van der Waals surface area contributed by atoms with Crippen LogP contribution in [-0.2, 0) is 10.0 Å². The first-order valence-corrected chi connectivity index (χ1v) is 11.0. The Bertz CT molecular complexity index is 867. The van der Waals surface area contributed by atoms with Gasteiger partial charge in [-0.05, 0) is 75.4 Å². The van der Waals surface area contributed by atoms with Gasteiger partial charge in [0.05, 0.1) is 21.3 Å². The van der Waals surface area contributed by atoms with Gasteiger partial charge < -0.3 is 10.2 Å². The summed E-state index contributed by atoms with van der Waals surface area (Å²) in [6.07, 6.45) is 2.06. The van der Waals surface area contributed by atoms with Gasteiger partial charge in [-0.25, -0.2) is 8.42 Å². The largest absolute Gasteiger partial charge is 0.381 e. The molecule has 1 aliphatic heterocycles. The van der Waals surface area contributed by atoms with E-state index in [9.17, 15) is 8.42 Å². The molecule has 2 aromatic rings. The molecule has 1 heterocycles. The van der Waals surface area contributed by atoms with E-state index in [2.05, 4.69) is 37.9 Å². The average Bonchev–Trinajstić information content (AvgIpc) is 2.60. The van der Waals surface area contributed by atoms with Crippen molar-refractivity contribution >= 4 is 48.9 Å². The molecule has 2 aromatic carbocycles. The minimum absolute atomic E-state index is 0.209. The SMILES string of the molecule is CN1CCC(Nc2cc(NS(=O)(=O)c3ccc(Br)cc3)ccc2Cl)CC1. The lowest BCUT2D eigenvalue weighted by atomic mass is 10.1. The summed E-state index contributed by atoms with van der Waals surface area (Å²) in [5.41, 5.74) is 1.23. The molecule has 26 heavy (non-hydrogen) atoms. The molecule has 0 unspecified atom stereocenters. The van der Waals surface area contributed by atoms with Crippen LogP contribution in [0.5, 0.6) is 0 Å². The molecule has 0 aromatic heterocycles. The molecule has 0 amide bonds. The molecule has 3 rings (SSSR count). The predicted molar refractivity (Wildman–Crippen MR) is 111 cm³/mol. The van der Waals surface area contributed by atoms with E-state index in [1.165, 1.54) is 0 Å². The molecule has 1 fully saturated rings. The van der Waals surface area contributed by atoms with Crippen LogP contribution in [0, 0.1) is 0 Å². The first kappa shape index (κ1) is 19.5. The van der Waals surface area contributed by atoms with Crippen molar-refractivity contribution in [1.29, 1.82) is 0 Å². The monoisotopic (exact) mass is 457 g/mol. The Morgan fingerprint density at radius 1 is 1.12 bits per heavy atom. The molecule has 0 saturated carbocycles. The van der Waals surface area contributed by atoms with Gasteiger partial charge in [-0.2, -0.15) is 0 Å². The molecule has 1 saturated heterocycles. The van der Waals surface area contributed by atoms with Crippen molar-refractivity contribution in [3.8, 4) is 0 Å². The number of sulfonamides is 1. The zero-order valence-electron chi connectivity index (χ0n) is 14.4. The third-order valence-electron chi connectivity index (χ3n) is 4.42. The number of likely N-dealkylation sites (tertiary alicyclic amines) is 1. The van der Waals surface area contributed by atoms with Crippen LogP contribution >= 0.6 is 27.5 Å². The Balaban J connectivity index is 1.75. The third kappa shape index (κ3) is 4.91. The molecular weight excluding hydrogens is 438 g/mol. The Hall–Kier alpha value is -1.28. The summed E-state index contributed by atoms with van der Waals surface area (Å²) in [6, 6.07) is 12.0. The van der Waals surface area contributed by atoms with Crippen LogP contribution in [-0.4, -0.2) is 39.5 Å². The Kier molecular flexibility index (Phi) is 6.12. The van der Waals surface area contributed by atoms with Crippen molar-refractivity contribution in [3.05, 3.63) is 52.0 Å². The zero-order valence-corrected chi connectivity index (χ0v) is 17.5. The fourth-order valence-electron chi connectivity index (χ4n) is 2.90. The second-order valence-electron chi connectivity index (χ2n) is 6.48. The highest BCUT2D eigenvalue weighted by Crippen LogP contribution is 2.29. The quantitative estimate of drug-likeness (QED) is 0.697. The summed E-state index contributed by atoms with van der Waals surface area (Å²) < 4.78 is 28.5. The molecule has 140 valence electrons. The van der Waals surface area contributed by atoms with Crippen molar-refractivity contribution in [2.75, 3.05) is 30.2 Å². The van der Waals surface area contributed by atoms with E-state index in [-0.39, 0.29) is 4.90 Å². The maximum Gasteiger partial charge on any atom is 0.261 e. The Morgan fingerprint density at radius 2 is 1.77 bits per heavy atom. The van der Waals surface area contributed by atoms with Gasteiger partial charge in [-0.3, -0.25) is 4.72 Å². The molecule has 5 nitrogen and oxygen atoms in total. The van der Waals surface area contributed by atoms with E-state index in [1.807, 2.05) is 0 Å². The van der Waals surface area contributed by atoms with Gasteiger partial charge in [0.15, 0.2) is 0 Å². The highest BCUT2D eigenvalue weighted by molar-refractivity contribution is 9.10. The number of rotatable bonds is 5. The Morgan fingerprint density at radius 3 is 2.42 bits per heavy atom. The minimum Gasteiger partial charge on any atom is -0.381 e. The molecule has 0 bridgehead atoms. The summed E-state index contributed by atoms with van der Waals surface area (Å²) in [5.74, 6) is 0. The number of nitrogens with zero attached hydrogens (tertiary/aromatic N) is 1. The van der Waals surface area contributed by atoms with Gasteiger partial charge >= 0.3 is 0 Å². The number of anilines is 2. The fraction of sp³-hybridized carbons (Fsp3) is 0.333. The molecule has 0 radical (unpaired) electrons. The number of hydrogen-bond acceptors (Lipinski definition) is 4. The van der Waals surface area contributed by atoms with Gasteiger partial charge in [0.2, 0.25) is 0 Å². The first-order valence-electron chi connectivity index (χ1n) is 8.36. The summed E-state index contributed by atoms with van der Waals surface area (Å²) in [7, 11) is -1.54. The smallest absolute Gasteiger partial charge is 0.261 e. The molecule has 8 heteroatoms. The van der Waals surface area contributed by atoms with Crippen LogP contribution in [0.2, 0.25) is 5.02 Å². The highest BCUT2D eigenvalue weighted by Gasteiger charge is 2.18. The normalized spacial score (nSPS) is 16.4. The predicted octanol–water partition coefficient (Wildman–Crippen LogP) is 4.41. The molecule has 0 atom stereocenters. The van der Waals surface area contributed by atoms with E-state index < -0.39 is 10.0 Å². The Labute approximate surface area is 167 Å². The van der Waals surface area contributed by atoms with Gasteiger partial charge in [-0.1, -0.05) is 27.5 Å². The van der Waals surface area contributed by atoms with Crippen molar-refractivity contribution < 1.29 is 8.42 Å². The molecule has 0 spiro atoms. The number of nitrogens with one attached hydrogen (secondary N) is 2. The van der Waals surface area contributed by atoms with Crippen LogP contribution in [0.4, 0.5) is 11.4 Å². The van der Waals surface area contributed by atoms with Crippen molar-refractivity contribution in [2.24, 2.45) is 0 Å². The van der Waals surface area contributed by atoms with E-state index in [4.69, 9.17) is 11.6 Å². The maximum atomic E-state index is 12.5. The van der Waals surface area contributed by atoms with E-state index in [0.717, 1.165) is 36.1 Å². The van der Waals surface area contributed by atoms with E-state index in [0.29, 0.717) is 16.8 Å². The fourth-order valence-corrected chi connectivity index (χ4v) is 4.39. The van der Waals surface area contributed by atoms with Gasteiger partial charge in [-0.15, -0.1) is 0 Å². The van der Waals surface area contributed by atoms with Crippen molar-refractivity contribution in [3.63, 3.8) is 0 Å². The van der Waals surface area contributed by atoms with Gasteiger partial charge in [0, 0.05) is 10.5 Å². The number of halogens is 2.